The summed E-state index contributed by atoms with van der Waals surface area (Å²) < 4.78 is 44.5. The van der Waals surface area contributed by atoms with Crippen molar-refractivity contribution in [1.82, 2.24) is 0 Å². The summed E-state index contributed by atoms with van der Waals surface area (Å²) in [6.45, 7) is 2.01. The summed E-state index contributed by atoms with van der Waals surface area (Å²) in [6.07, 6.45) is 0. The van der Waals surface area contributed by atoms with E-state index >= 15 is 0 Å². The maximum Gasteiger partial charge on any atom is 0.264 e. The third kappa shape index (κ3) is 4.68. The van der Waals surface area contributed by atoms with Gasteiger partial charge in [0, 0.05) is 12.1 Å². The zero-order chi connectivity index (χ0) is 21.7. The molecule has 0 unspecified atom stereocenters. The van der Waals surface area contributed by atoms with Crippen LogP contribution >= 0.6 is 0 Å². The van der Waals surface area contributed by atoms with Crippen molar-refractivity contribution >= 4 is 15.7 Å². The Kier molecular flexibility index (Phi) is 6.52. The minimum absolute atomic E-state index is 0.0942. The van der Waals surface area contributed by atoms with Crippen LogP contribution in [0, 0.1) is 6.92 Å². The van der Waals surface area contributed by atoms with Crippen molar-refractivity contribution in [3.8, 4) is 17.2 Å². The summed E-state index contributed by atoms with van der Waals surface area (Å²) >= 11 is 0. The van der Waals surface area contributed by atoms with E-state index in [2.05, 4.69) is 0 Å². The Morgan fingerprint density at radius 3 is 1.93 bits per heavy atom. The fourth-order valence-corrected chi connectivity index (χ4v) is 4.49. The second-order valence-electron chi connectivity index (χ2n) is 6.75. The van der Waals surface area contributed by atoms with Gasteiger partial charge >= 0.3 is 0 Å². The summed E-state index contributed by atoms with van der Waals surface area (Å²) in [5, 5.41) is 0. The highest BCUT2D eigenvalue weighted by Crippen LogP contribution is 2.31. The van der Waals surface area contributed by atoms with Gasteiger partial charge in [0.2, 0.25) is 0 Å². The molecule has 0 saturated heterocycles. The molecule has 0 aliphatic heterocycles. The largest absolute Gasteiger partial charge is 0.497 e. The van der Waals surface area contributed by atoms with Crippen LogP contribution in [0.1, 0.15) is 11.1 Å². The fourth-order valence-electron chi connectivity index (χ4n) is 3.04. The first kappa shape index (κ1) is 21.5. The van der Waals surface area contributed by atoms with E-state index in [0.29, 0.717) is 22.9 Å². The van der Waals surface area contributed by atoms with Gasteiger partial charge in [0.05, 0.1) is 38.5 Å². The number of hydrogen-bond acceptors (Lipinski definition) is 5. The molecule has 0 N–H and O–H groups in total. The Labute approximate surface area is 177 Å². The van der Waals surface area contributed by atoms with Gasteiger partial charge in [0.25, 0.3) is 10.0 Å². The van der Waals surface area contributed by atoms with Gasteiger partial charge in [-0.3, -0.25) is 4.31 Å². The van der Waals surface area contributed by atoms with Crippen LogP contribution in [0.4, 0.5) is 5.69 Å². The maximum absolute atomic E-state index is 13.6. The summed E-state index contributed by atoms with van der Waals surface area (Å²) in [7, 11) is 0.823. The molecule has 30 heavy (non-hydrogen) atoms. The highest BCUT2D eigenvalue weighted by atomic mass is 32.2. The third-order valence-corrected chi connectivity index (χ3v) is 6.48. The van der Waals surface area contributed by atoms with E-state index in [1.807, 2.05) is 6.92 Å². The van der Waals surface area contributed by atoms with Crippen LogP contribution in [0.3, 0.4) is 0 Å². The Morgan fingerprint density at radius 2 is 1.37 bits per heavy atom. The Bertz CT molecular complexity index is 1090. The molecule has 0 heterocycles. The van der Waals surface area contributed by atoms with E-state index in [4.69, 9.17) is 14.2 Å². The summed E-state index contributed by atoms with van der Waals surface area (Å²) in [5.41, 5.74) is 2.21. The van der Waals surface area contributed by atoms with Crippen LogP contribution in [0.2, 0.25) is 0 Å². The van der Waals surface area contributed by atoms with Crippen molar-refractivity contribution in [2.75, 3.05) is 25.6 Å². The standard InChI is InChI=1S/C23H25NO5S/c1-17-8-10-23(11-9-17)30(25,26)24(19-6-5-7-20(14-19)27-2)16-18-12-21(28-3)15-22(13-18)29-4/h5-15H,16H2,1-4H3. The second-order valence-corrected chi connectivity index (χ2v) is 8.61. The molecule has 0 atom stereocenters. The molecule has 6 nitrogen and oxygen atoms in total. The predicted octanol–water partition coefficient (Wildman–Crippen LogP) is 4.42. The van der Waals surface area contributed by atoms with Gasteiger partial charge in [0.1, 0.15) is 17.2 Å². The number of sulfonamides is 1. The zero-order valence-corrected chi connectivity index (χ0v) is 18.3. The monoisotopic (exact) mass is 427 g/mol. The van der Waals surface area contributed by atoms with Crippen molar-refractivity contribution in [3.05, 3.63) is 77.9 Å². The minimum Gasteiger partial charge on any atom is -0.497 e. The lowest BCUT2D eigenvalue weighted by atomic mass is 10.2. The molecular weight excluding hydrogens is 402 g/mol. The first-order valence-electron chi connectivity index (χ1n) is 9.33. The first-order valence-corrected chi connectivity index (χ1v) is 10.8. The Morgan fingerprint density at radius 1 is 0.767 bits per heavy atom. The van der Waals surface area contributed by atoms with E-state index < -0.39 is 10.0 Å². The SMILES string of the molecule is COc1cc(CN(c2cccc(OC)c2)S(=O)(=O)c2ccc(C)cc2)cc(OC)c1. The Balaban J connectivity index is 2.11. The molecular formula is C23H25NO5S. The highest BCUT2D eigenvalue weighted by molar-refractivity contribution is 7.92. The van der Waals surface area contributed by atoms with Crippen molar-refractivity contribution in [1.29, 1.82) is 0 Å². The van der Waals surface area contributed by atoms with Crippen LogP contribution in [-0.2, 0) is 16.6 Å². The minimum atomic E-state index is -3.84. The van der Waals surface area contributed by atoms with Crippen molar-refractivity contribution in [2.45, 2.75) is 18.4 Å². The van der Waals surface area contributed by atoms with Crippen LogP contribution in [-0.4, -0.2) is 29.7 Å². The van der Waals surface area contributed by atoms with Crippen LogP contribution < -0.4 is 18.5 Å². The third-order valence-electron chi connectivity index (χ3n) is 4.69. The number of nitrogens with zero attached hydrogens (tertiary/aromatic N) is 1. The van der Waals surface area contributed by atoms with Crippen LogP contribution in [0.25, 0.3) is 0 Å². The molecule has 0 aromatic heterocycles. The van der Waals surface area contributed by atoms with E-state index in [1.54, 1.807) is 88.1 Å². The van der Waals surface area contributed by atoms with Gasteiger partial charge in [-0.1, -0.05) is 23.8 Å². The zero-order valence-electron chi connectivity index (χ0n) is 17.5. The van der Waals surface area contributed by atoms with E-state index in [0.717, 1.165) is 11.1 Å². The lowest BCUT2D eigenvalue weighted by Gasteiger charge is -2.25. The predicted molar refractivity (Wildman–Crippen MR) is 117 cm³/mol. The van der Waals surface area contributed by atoms with Gasteiger partial charge in [-0.15, -0.1) is 0 Å². The molecule has 0 aliphatic rings. The lowest BCUT2D eigenvalue weighted by Crippen LogP contribution is -2.30. The smallest absolute Gasteiger partial charge is 0.264 e. The molecule has 158 valence electrons. The summed E-state index contributed by atoms with van der Waals surface area (Å²) in [4.78, 5) is 0.214. The van der Waals surface area contributed by atoms with E-state index in [-0.39, 0.29) is 11.4 Å². The van der Waals surface area contributed by atoms with Gasteiger partial charge < -0.3 is 14.2 Å². The highest BCUT2D eigenvalue weighted by Gasteiger charge is 2.26. The number of benzene rings is 3. The molecule has 3 rings (SSSR count). The molecule has 7 heteroatoms. The number of hydrogen-bond donors (Lipinski definition) is 0. The van der Waals surface area contributed by atoms with Crippen molar-refractivity contribution in [3.63, 3.8) is 0 Å². The fraction of sp³-hybridized carbons (Fsp3) is 0.217. The van der Waals surface area contributed by atoms with Gasteiger partial charge in [-0.2, -0.15) is 0 Å². The molecule has 0 radical (unpaired) electrons. The number of aryl methyl sites for hydroxylation is 1. The number of ether oxygens (including phenoxy) is 3. The molecule has 3 aromatic rings. The molecule has 0 aliphatic carbocycles. The summed E-state index contributed by atoms with van der Waals surface area (Å²) in [5.74, 6) is 1.74. The first-order chi connectivity index (χ1) is 14.4. The molecule has 0 saturated carbocycles. The maximum atomic E-state index is 13.6. The van der Waals surface area contributed by atoms with Gasteiger partial charge in [-0.25, -0.2) is 8.42 Å². The second kappa shape index (κ2) is 9.09. The van der Waals surface area contributed by atoms with Crippen molar-refractivity contribution in [2.24, 2.45) is 0 Å². The topological polar surface area (TPSA) is 65.1 Å². The average molecular weight is 428 g/mol. The lowest BCUT2D eigenvalue weighted by molar-refractivity contribution is 0.393. The average Bonchev–Trinajstić information content (AvgIpc) is 2.77. The van der Waals surface area contributed by atoms with E-state index in [9.17, 15) is 8.42 Å². The molecule has 0 fully saturated rings. The molecule has 0 spiro atoms. The van der Waals surface area contributed by atoms with Gasteiger partial charge in [0.15, 0.2) is 0 Å². The summed E-state index contributed by atoms with van der Waals surface area (Å²) in [6, 6.07) is 19.1. The quantitative estimate of drug-likeness (QED) is 0.533. The van der Waals surface area contributed by atoms with Crippen molar-refractivity contribution < 1.29 is 22.6 Å². The molecule has 0 bridgehead atoms. The van der Waals surface area contributed by atoms with Gasteiger partial charge in [-0.05, 0) is 48.9 Å². The Hall–Kier alpha value is -3.19. The number of rotatable bonds is 8. The molecule has 0 amide bonds. The molecule has 3 aromatic carbocycles. The number of anilines is 1. The van der Waals surface area contributed by atoms with Crippen LogP contribution in [0.5, 0.6) is 17.2 Å². The van der Waals surface area contributed by atoms with E-state index in [1.165, 1.54) is 4.31 Å². The normalized spacial score (nSPS) is 11.1. The van der Waals surface area contributed by atoms with Crippen LogP contribution in [0.15, 0.2) is 71.6 Å². The number of methoxy groups -OCH3 is 3.